The summed E-state index contributed by atoms with van der Waals surface area (Å²) in [5.74, 6) is -0.0532. The molecule has 1 heterocycles. The second kappa shape index (κ2) is 6.25. The van der Waals surface area contributed by atoms with Crippen molar-refractivity contribution in [3.8, 4) is 0 Å². The number of rotatable bonds is 5. The van der Waals surface area contributed by atoms with Crippen molar-refractivity contribution < 1.29 is 9.90 Å². The number of aliphatic hydroxyl groups excluding tert-OH is 1. The molecular formula is C10H14BrNO2S. The van der Waals surface area contributed by atoms with Crippen LogP contribution in [0.3, 0.4) is 0 Å². The Labute approximate surface area is 102 Å². The number of hydrogen-bond donors (Lipinski definition) is 2. The molecule has 0 aliphatic carbocycles. The van der Waals surface area contributed by atoms with E-state index in [0.29, 0.717) is 18.5 Å². The average Bonchev–Trinajstić information content (AvgIpc) is 2.59. The summed E-state index contributed by atoms with van der Waals surface area (Å²) in [7, 11) is 0. The molecule has 1 unspecified atom stereocenters. The summed E-state index contributed by atoms with van der Waals surface area (Å²) < 4.78 is 0.955. The Morgan fingerprint density at radius 2 is 2.47 bits per heavy atom. The van der Waals surface area contributed by atoms with Crippen molar-refractivity contribution in [1.29, 1.82) is 0 Å². The lowest BCUT2D eigenvalue weighted by atomic mass is 10.2. The molecule has 0 fully saturated rings. The Kier molecular flexibility index (Phi) is 5.28. The first kappa shape index (κ1) is 12.7. The van der Waals surface area contributed by atoms with Gasteiger partial charge < -0.3 is 10.4 Å². The number of hydrogen-bond acceptors (Lipinski definition) is 3. The highest BCUT2D eigenvalue weighted by Crippen LogP contribution is 2.20. The lowest BCUT2D eigenvalue weighted by Gasteiger charge is -2.05. The quantitative estimate of drug-likeness (QED) is 0.819. The van der Waals surface area contributed by atoms with Gasteiger partial charge >= 0.3 is 0 Å². The smallest absolute Gasteiger partial charge is 0.252 e. The lowest BCUT2D eigenvalue weighted by molar-refractivity contribution is 0.0950. The van der Waals surface area contributed by atoms with Crippen LogP contribution in [-0.2, 0) is 0 Å². The summed E-state index contributed by atoms with van der Waals surface area (Å²) in [6.45, 7) is 2.36. The Morgan fingerprint density at radius 1 is 1.73 bits per heavy atom. The second-order valence-electron chi connectivity index (χ2n) is 3.39. The number of aliphatic hydroxyl groups is 1. The molecule has 15 heavy (non-hydrogen) atoms. The summed E-state index contributed by atoms with van der Waals surface area (Å²) in [5.41, 5.74) is 0.684. The lowest BCUT2D eigenvalue weighted by Crippen LogP contribution is -2.24. The molecule has 3 nitrogen and oxygen atoms in total. The zero-order chi connectivity index (χ0) is 11.3. The van der Waals surface area contributed by atoms with Crippen LogP contribution < -0.4 is 5.32 Å². The molecule has 0 saturated heterocycles. The summed E-state index contributed by atoms with van der Waals surface area (Å²) in [6.07, 6.45) is 1.22. The molecule has 0 aliphatic heterocycles. The zero-order valence-electron chi connectivity index (χ0n) is 8.50. The highest BCUT2D eigenvalue weighted by molar-refractivity contribution is 9.11. The molecule has 0 bridgehead atoms. The first-order valence-electron chi connectivity index (χ1n) is 4.80. The average molecular weight is 292 g/mol. The third-order valence-electron chi connectivity index (χ3n) is 1.91. The first-order chi connectivity index (χ1) is 7.09. The molecule has 1 atom stereocenters. The van der Waals surface area contributed by atoms with E-state index in [1.165, 1.54) is 11.3 Å². The van der Waals surface area contributed by atoms with Crippen LogP contribution in [0, 0.1) is 0 Å². The Balaban J connectivity index is 2.25. The van der Waals surface area contributed by atoms with Gasteiger partial charge in [-0.25, -0.2) is 0 Å². The van der Waals surface area contributed by atoms with E-state index in [2.05, 4.69) is 21.2 Å². The molecule has 2 N–H and O–H groups in total. The van der Waals surface area contributed by atoms with Gasteiger partial charge in [-0.05, 0) is 41.8 Å². The predicted octanol–water partition coefficient (Wildman–Crippen LogP) is 2.40. The van der Waals surface area contributed by atoms with Crippen molar-refractivity contribution in [2.75, 3.05) is 6.54 Å². The second-order valence-corrected chi connectivity index (χ2v) is 5.68. The van der Waals surface area contributed by atoms with Crippen LogP contribution in [-0.4, -0.2) is 23.7 Å². The Hall–Kier alpha value is -0.390. The molecule has 0 spiro atoms. The minimum absolute atomic E-state index is 0.0532. The van der Waals surface area contributed by atoms with Crippen LogP contribution in [0.15, 0.2) is 15.2 Å². The molecular weight excluding hydrogens is 278 g/mol. The van der Waals surface area contributed by atoms with Gasteiger partial charge in [0.05, 0.1) is 15.5 Å². The normalized spacial score (nSPS) is 12.5. The molecule has 1 aromatic rings. The van der Waals surface area contributed by atoms with Crippen molar-refractivity contribution in [2.24, 2.45) is 0 Å². The number of carbonyl (C=O) groups is 1. The maximum Gasteiger partial charge on any atom is 0.252 e. The monoisotopic (exact) mass is 291 g/mol. The number of thiophene rings is 1. The Bertz CT molecular complexity index is 325. The SMILES string of the molecule is CC(O)CCCNC(=O)c1csc(Br)c1. The molecule has 1 rings (SSSR count). The fraction of sp³-hybridized carbons (Fsp3) is 0.500. The van der Waals surface area contributed by atoms with Gasteiger partial charge in [-0.3, -0.25) is 4.79 Å². The van der Waals surface area contributed by atoms with Gasteiger partial charge in [-0.15, -0.1) is 11.3 Å². The minimum Gasteiger partial charge on any atom is -0.393 e. The standard InChI is InChI=1S/C10H14BrNO2S/c1-7(13)3-2-4-12-10(14)8-5-9(11)15-6-8/h5-7,13H,2-4H2,1H3,(H,12,14). The van der Waals surface area contributed by atoms with Crippen LogP contribution in [0.1, 0.15) is 30.1 Å². The topological polar surface area (TPSA) is 49.3 Å². The van der Waals surface area contributed by atoms with Crippen molar-refractivity contribution in [3.05, 3.63) is 20.8 Å². The van der Waals surface area contributed by atoms with Crippen LogP contribution in [0.5, 0.6) is 0 Å². The third kappa shape index (κ3) is 4.77. The van der Waals surface area contributed by atoms with Crippen molar-refractivity contribution in [2.45, 2.75) is 25.9 Å². The van der Waals surface area contributed by atoms with Crippen molar-refractivity contribution in [3.63, 3.8) is 0 Å². The van der Waals surface area contributed by atoms with E-state index in [-0.39, 0.29) is 12.0 Å². The summed E-state index contributed by atoms with van der Waals surface area (Å²) in [6, 6.07) is 1.80. The minimum atomic E-state index is -0.294. The van der Waals surface area contributed by atoms with E-state index in [1.807, 2.05) is 5.38 Å². The van der Waals surface area contributed by atoms with Gasteiger partial charge in [0.1, 0.15) is 0 Å². The summed E-state index contributed by atoms with van der Waals surface area (Å²) >= 11 is 4.80. The summed E-state index contributed by atoms with van der Waals surface area (Å²) in [4.78, 5) is 11.5. The fourth-order valence-corrected chi connectivity index (χ4v) is 2.27. The van der Waals surface area contributed by atoms with E-state index in [9.17, 15) is 4.79 Å². The predicted molar refractivity (Wildman–Crippen MR) is 65.3 cm³/mol. The summed E-state index contributed by atoms with van der Waals surface area (Å²) in [5, 5.41) is 13.6. The largest absolute Gasteiger partial charge is 0.393 e. The van der Waals surface area contributed by atoms with Crippen molar-refractivity contribution >= 4 is 33.2 Å². The molecule has 84 valence electrons. The highest BCUT2D eigenvalue weighted by atomic mass is 79.9. The number of amides is 1. The van der Waals surface area contributed by atoms with Gasteiger partial charge in [-0.1, -0.05) is 0 Å². The van der Waals surface area contributed by atoms with Crippen LogP contribution in [0.25, 0.3) is 0 Å². The van der Waals surface area contributed by atoms with Crippen LogP contribution >= 0.6 is 27.3 Å². The molecule has 0 saturated carbocycles. The molecule has 0 radical (unpaired) electrons. The van der Waals surface area contributed by atoms with E-state index in [4.69, 9.17) is 5.11 Å². The molecule has 0 aromatic carbocycles. The number of carbonyl (C=O) groups excluding carboxylic acids is 1. The molecule has 1 amide bonds. The fourth-order valence-electron chi connectivity index (χ4n) is 1.13. The third-order valence-corrected chi connectivity index (χ3v) is 3.42. The van der Waals surface area contributed by atoms with E-state index in [0.717, 1.165) is 10.2 Å². The first-order valence-corrected chi connectivity index (χ1v) is 6.47. The van der Waals surface area contributed by atoms with Gasteiger partial charge in [0.2, 0.25) is 0 Å². The van der Waals surface area contributed by atoms with Gasteiger partial charge in [0.25, 0.3) is 5.91 Å². The molecule has 1 aromatic heterocycles. The molecule has 0 aliphatic rings. The van der Waals surface area contributed by atoms with E-state index >= 15 is 0 Å². The van der Waals surface area contributed by atoms with E-state index in [1.54, 1.807) is 13.0 Å². The molecule has 5 heteroatoms. The van der Waals surface area contributed by atoms with Gasteiger partial charge in [0.15, 0.2) is 0 Å². The number of nitrogens with one attached hydrogen (secondary N) is 1. The Morgan fingerprint density at radius 3 is 3.00 bits per heavy atom. The maximum atomic E-state index is 11.5. The van der Waals surface area contributed by atoms with Crippen LogP contribution in [0.4, 0.5) is 0 Å². The highest BCUT2D eigenvalue weighted by Gasteiger charge is 2.06. The number of halogens is 1. The van der Waals surface area contributed by atoms with Gasteiger partial charge in [0, 0.05) is 11.9 Å². The van der Waals surface area contributed by atoms with Crippen LogP contribution in [0.2, 0.25) is 0 Å². The zero-order valence-corrected chi connectivity index (χ0v) is 10.9. The van der Waals surface area contributed by atoms with E-state index < -0.39 is 0 Å². The maximum absolute atomic E-state index is 11.5. The van der Waals surface area contributed by atoms with Gasteiger partial charge in [-0.2, -0.15) is 0 Å². The van der Waals surface area contributed by atoms with Crippen molar-refractivity contribution in [1.82, 2.24) is 5.32 Å².